The van der Waals surface area contributed by atoms with E-state index in [9.17, 15) is 15.3 Å². The molecule has 0 aromatic heterocycles. The molecule has 0 spiro atoms. The SMILES string of the molecule is C=CCCC1(O)C(OC)[C@]1(C)CCC(CC)[C@]1(C)CC[C@@H](O)[C@@H](O)C1. The van der Waals surface area contributed by atoms with Crippen LogP contribution in [-0.2, 0) is 4.74 Å². The third kappa shape index (κ3) is 3.69. The van der Waals surface area contributed by atoms with Crippen LogP contribution in [0.25, 0.3) is 0 Å². The molecular weight excluding hydrogens is 316 g/mol. The first-order chi connectivity index (χ1) is 11.7. The van der Waals surface area contributed by atoms with E-state index in [0.717, 1.165) is 32.1 Å². The van der Waals surface area contributed by atoms with Crippen molar-refractivity contribution < 1.29 is 20.1 Å². The standard InChI is InChI=1S/C21H38O4/c1-6-8-11-21(24)18(25-5)20(21,4)13-9-15(7-2)19(3)12-10-16(22)17(23)14-19/h6,15-18,22-24H,1,7-14H2,2-5H3/t15?,16-,17+,18?,19-,20+,21?/m1/s1. The number of hydrogen-bond acceptors (Lipinski definition) is 4. The van der Waals surface area contributed by atoms with Crippen LogP contribution in [0.4, 0.5) is 0 Å². The van der Waals surface area contributed by atoms with E-state index in [4.69, 9.17) is 4.74 Å². The van der Waals surface area contributed by atoms with E-state index in [1.807, 2.05) is 6.08 Å². The van der Waals surface area contributed by atoms with Gasteiger partial charge in [0.05, 0.1) is 23.9 Å². The molecule has 0 aliphatic heterocycles. The summed E-state index contributed by atoms with van der Waals surface area (Å²) in [5.74, 6) is 0.480. The van der Waals surface area contributed by atoms with Crippen LogP contribution in [0.2, 0.25) is 0 Å². The number of aliphatic hydroxyl groups excluding tert-OH is 2. The smallest absolute Gasteiger partial charge is 0.0996 e. The summed E-state index contributed by atoms with van der Waals surface area (Å²) in [6.45, 7) is 10.4. The van der Waals surface area contributed by atoms with Crippen molar-refractivity contribution in [1.29, 1.82) is 0 Å². The van der Waals surface area contributed by atoms with Gasteiger partial charge in [0.15, 0.2) is 0 Å². The number of ether oxygens (including phenoxy) is 1. The minimum Gasteiger partial charge on any atom is -0.390 e. The Morgan fingerprint density at radius 1 is 1.24 bits per heavy atom. The van der Waals surface area contributed by atoms with Gasteiger partial charge >= 0.3 is 0 Å². The summed E-state index contributed by atoms with van der Waals surface area (Å²) in [5, 5.41) is 31.0. The van der Waals surface area contributed by atoms with Gasteiger partial charge in [-0.3, -0.25) is 0 Å². The van der Waals surface area contributed by atoms with E-state index in [0.29, 0.717) is 25.2 Å². The second-order valence-corrected chi connectivity index (χ2v) is 8.96. The molecule has 2 aliphatic rings. The van der Waals surface area contributed by atoms with Gasteiger partial charge in [-0.2, -0.15) is 0 Å². The second-order valence-electron chi connectivity index (χ2n) is 8.96. The molecule has 3 unspecified atom stereocenters. The monoisotopic (exact) mass is 354 g/mol. The molecule has 0 aromatic rings. The van der Waals surface area contributed by atoms with Gasteiger partial charge < -0.3 is 20.1 Å². The summed E-state index contributed by atoms with van der Waals surface area (Å²) < 4.78 is 5.60. The van der Waals surface area contributed by atoms with Crippen molar-refractivity contribution in [3.63, 3.8) is 0 Å². The molecule has 0 aromatic carbocycles. The average Bonchev–Trinajstić information content (AvgIpc) is 3.04. The Labute approximate surface area is 153 Å². The fourth-order valence-corrected chi connectivity index (χ4v) is 5.51. The van der Waals surface area contributed by atoms with Crippen molar-refractivity contribution in [2.45, 2.75) is 96.1 Å². The average molecular weight is 355 g/mol. The Morgan fingerprint density at radius 2 is 1.92 bits per heavy atom. The molecule has 2 aliphatic carbocycles. The molecule has 0 heterocycles. The molecule has 0 radical (unpaired) electrons. The van der Waals surface area contributed by atoms with Gasteiger partial charge in [-0.25, -0.2) is 0 Å². The first-order valence-electron chi connectivity index (χ1n) is 9.90. The maximum absolute atomic E-state index is 11.0. The molecule has 3 N–H and O–H groups in total. The molecule has 0 amide bonds. The first-order valence-corrected chi connectivity index (χ1v) is 9.90. The van der Waals surface area contributed by atoms with Crippen molar-refractivity contribution in [3.8, 4) is 0 Å². The molecule has 4 heteroatoms. The topological polar surface area (TPSA) is 69.9 Å². The second kappa shape index (κ2) is 7.67. The van der Waals surface area contributed by atoms with E-state index in [1.165, 1.54) is 0 Å². The third-order valence-electron chi connectivity index (χ3n) is 7.50. The molecule has 146 valence electrons. The van der Waals surface area contributed by atoms with Gasteiger partial charge in [0, 0.05) is 12.5 Å². The minimum atomic E-state index is -0.753. The zero-order valence-corrected chi connectivity index (χ0v) is 16.5. The molecule has 0 saturated heterocycles. The summed E-state index contributed by atoms with van der Waals surface area (Å²) >= 11 is 0. The molecule has 7 atom stereocenters. The van der Waals surface area contributed by atoms with E-state index in [2.05, 4.69) is 27.4 Å². The first kappa shape index (κ1) is 20.9. The Kier molecular flexibility index (Phi) is 6.41. The van der Waals surface area contributed by atoms with Crippen molar-refractivity contribution in [2.75, 3.05) is 7.11 Å². The summed E-state index contributed by atoms with van der Waals surface area (Å²) in [6, 6.07) is 0. The minimum absolute atomic E-state index is 0.0560. The Morgan fingerprint density at radius 3 is 2.44 bits per heavy atom. The molecule has 2 rings (SSSR count). The largest absolute Gasteiger partial charge is 0.390 e. The lowest BCUT2D eigenvalue weighted by atomic mass is 9.63. The van der Waals surface area contributed by atoms with Crippen molar-refractivity contribution >= 4 is 0 Å². The fraction of sp³-hybridized carbons (Fsp3) is 0.905. The van der Waals surface area contributed by atoms with Crippen LogP contribution in [-0.4, -0.2) is 46.3 Å². The highest BCUT2D eigenvalue weighted by Gasteiger charge is 2.73. The number of rotatable bonds is 9. The van der Waals surface area contributed by atoms with Crippen LogP contribution in [0, 0.1) is 16.7 Å². The highest BCUT2D eigenvalue weighted by molar-refractivity contribution is 5.23. The third-order valence-corrected chi connectivity index (χ3v) is 7.50. The molecule has 0 bridgehead atoms. The number of aliphatic hydroxyl groups is 3. The fourth-order valence-electron chi connectivity index (χ4n) is 5.51. The lowest BCUT2D eigenvalue weighted by Gasteiger charge is -2.44. The summed E-state index contributed by atoms with van der Waals surface area (Å²) in [5.41, 5.74) is -0.904. The Bertz CT molecular complexity index is 467. The quantitative estimate of drug-likeness (QED) is 0.555. The van der Waals surface area contributed by atoms with Gasteiger partial charge in [-0.1, -0.05) is 33.3 Å². The summed E-state index contributed by atoms with van der Waals surface area (Å²) in [6.07, 6.45) is 7.34. The molecule has 4 nitrogen and oxygen atoms in total. The van der Waals surface area contributed by atoms with Crippen LogP contribution in [0.15, 0.2) is 12.7 Å². The number of hydrogen-bond donors (Lipinski definition) is 3. The lowest BCUT2D eigenvalue weighted by molar-refractivity contribution is -0.0692. The molecule has 25 heavy (non-hydrogen) atoms. The normalized spacial score (nSPS) is 45.2. The maximum atomic E-state index is 11.0. The predicted molar refractivity (Wildman–Crippen MR) is 100 cm³/mol. The van der Waals surface area contributed by atoms with Crippen LogP contribution < -0.4 is 0 Å². The Balaban J connectivity index is 2.01. The Hall–Kier alpha value is -0.420. The van der Waals surface area contributed by atoms with Crippen molar-refractivity contribution in [1.82, 2.24) is 0 Å². The van der Waals surface area contributed by atoms with E-state index >= 15 is 0 Å². The lowest BCUT2D eigenvalue weighted by Crippen LogP contribution is -2.42. The van der Waals surface area contributed by atoms with Gasteiger partial charge in [-0.05, 0) is 56.3 Å². The predicted octanol–water partition coefficient (Wildman–Crippen LogP) is 3.44. The summed E-state index contributed by atoms with van der Waals surface area (Å²) in [7, 11) is 1.69. The maximum Gasteiger partial charge on any atom is 0.0996 e. The van der Waals surface area contributed by atoms with Crippen LogP contribution in [0.1, 0.15) is 72.1 Å². The van der Waals surface area contributed by atoms with E-state index in [-0.39, 0.29) is 16.9 Å². The van der Waals surface area contributed by atoms with Gasteiger partial charge in [0.1, 0.15) is 0 Å². The zero-order valence-electron chi connectivity index (χ0n) is 16.5. The van der Waals surface area contributed by atoms with E-state index < -0.39 is 17.8 Å². The van der Waals surface area contributed by atoms with Gasteiger partial charge in [0.2, 0.25) is 0 Å². The highest BCUT2D eigenvalue weighted by atomic mass is 16.5. The summed E-state index contributed by atoms with van der Waals surface area (Å²) in [4.78, 5) is 0. The zero-order chi connectivity index (χ0) is 18.9. The van der Waals surface area contributed by atoms with Crippen molar-refractivity contribution in [2.24, 2.45) is 16.7 Å². The van der Waals surface area contributed by atoms with Crippen LogP contribution >= 0.6 is 0 Å². The number of methoxy groups -OCH3 is 1. The van der Waals surface area contributed by atoms with Crippen LogP contribution in [0.5, 0.6) is 0 Å². The van der Waals surface area contributed by atoms with Gasteiger partial charge in [-0.15, -0.1) is 6.58 Å². The van der Waals surface area contributed by atoms with Crippen molar-refractivity contribution in [3.05, 3.63) is 12.7 Å². The molecule has 2 fully saturated rings. The highest BCUT2D eigenvalue weighted by Crippen LogP contribution is 2.63. The van der Waals surface area contributed by atoms with E-state index in [1.54, 1.807) is 7.11 Å². The molecular formula is C21H38O4. The van der Waals surface area contributed by atoms with Crippen LogP contribution in [0.3, 0.4) is 0 Å². The van der Waals surface area contributed by atoms with Gasteiger partial charge in [0.25, 0.3) is 0 Å². The number of allylic oxidation sites excluding steroid dienone is 1. The molecule has 2 saturated carbocycles.